The number of nitrogens with one attached hydrogen (secondary N) is 2. The van der Waals surface area contributed by atoms with Crippen molar-refractivity contribution in [2.24, 2.45) is 0 Å². The Hall–Kier alpha value is -3.89. The highest BCUT2D eigenvalue weighted by molar-refractivity contribution is 7.90. The summed E-state index contributed by atoms with van der Waals surface area (Å²) >= 11 is 1.28. The summed E-state index contributed by atoms with van der Waals surface area (Å²) in [4.78, 5) is 33.2. The number of benzene rings is 2. The minimum atomic E-state index is -3.44. The Morgan fingerprint density at radius 2 is 1.68 bits per heavy atom. The smallest absolute Gasteiger partial charge is 0.251 e. The van der Waals surface area contributed by atoms with Gasteiger partial charge in [-0.2, -0.15) is 0 Å². The number of sulfone groups is 1. The van der Waals surface area contributed by atoms with Gasteiger partial charge < -0.3 is 10.6 Å². The molecule has 10 heteroatoms. The predicted octanol–water partition coefficient (Wildman–Crippen LogP) is 3.64. The molecule has 0 saturated heterocycles. The van der Waals surface area contributed by atoms with Crippen LogP contribution in [0.15, 0.2) is 83.3 Å². The van der Waals surface area contributed by atoms with E-state index in [4.69, 9.17) is 0 Å². The molecule has 2 N–H and O–H groups in total. The molecule has 0 bridgehead atoms. The van der Waals surface area contributed by atoms with E-state index in [0.717, 1.165) is 28.6 Å². The van der Waals surface area contributed by atoms with Crippen LogP contribution in [0.2, 0.25) is 0 Å². The van der Waals surface area contributed by atoms with Crippen LogP contribution < -0.4 is 10.6 Å². The molecule has 4 aromatic rings. The van der Waals surface area contributed by atoms with Gasteiger partial charge in [0, 0.05) is 35.2 Å². The summed E-state index contributed by atoms with van der Waals surface area (Å²) in [6.45, 7) is -0.283. The number of thiazole rings is 1. The molecule has 2 aromatic carbocycles. The summed E-state index contributed by atoms with van der Waals surface area (Å²) in [6.07, 6.45) is 4.54. The summed E-state index contributed by atoms with van der Waals surface area (Å²) in [7, 11) is -3.44. The van der Waals surface area contributed by atoms with Crippen LogP contribution in [0.5, 0.6) is 0 Å². The highest BCUT2D eigenvalue weighted by Gasteiger charge is 2.14. The van der Waals surface area contributed by atoms with Gasteiger partial charge in [0.15, 0.2) is 15.0 Å². The van der Waals surface area contributed by atoms with Crippen LogP contribution in [0, 0.1) is 0 Å². The molecule has 8 nitrogen and oxygen atoms in total. The van der Waals surface area contributed by atoms with Gasteiger partial charge in [-0.25, -0.2) is 13.4 Å². The lowest BCUT2D eigenvalue weighted by Gasteiger charge is -2.06. The molecule has 172 valence electrons. The second-order valence-corrected chi connectivity index (χ2v) is 10.3. The highest BCUT2D eigenvalue weighted by atomic mass is 32.2. The third-order valence-electron chi connectivity index (χ3n) is 4.86. The first-order valence-corrected chi connectivity index (χ1v) is 12.9. The van der Waals surface area contributed by atoms with E-state index in [-0.39, 0.29) is 17.0 Å². The van der Waals surface area contributed by atoms with Crippen LogP contribution in [0.3, 0.4) is 0 Å². The summed E-state index contributed by atoms with van der Waals surface area (Å²) < 4.78 is 23.3. The van der Waals surface area contributed by atoms with Crippen LogP contribution in [0.1, 0.15) is 10.4 Å². The molecule has 2 aromatic heterocycles. The lowest BCUT2D eigenvalue weighted by atomic mass is 10.0. The van der Waals surface area contributed by atoms with Gasteiger partial charge in [-0.3, -0.25) is 14.6 Å². The van der Waals surface area contributed by atoms with Crippen LogP contribution in [-0.4, -0.2) is 43.0 Å². The van der Waals surface area contributed by atoms with Crippen molar-refractivity contribution in [2.45, 2.75) is 4.90 Å². The molecule has 2 heterocycles. The summed E-state index contributed by atoms with van der Waals surface area (Å²) in [5.41, 5.74) is 3.85. The van der Waals surface area contributed by atoms with E-state index in [1.165, 1.54) is 35.6 Å². The Morgan fingerprint density at radius 3 is 2.44 bits per heavy atom. The Kier molecular flexibility index (Phi) is 6.80. The van der Waals surface area contributed by atoms with Crippen molar-refractivity contribution < 1.29 is 18.0 Å². The number of rotatable bonds is 7. The highest BCUT2D eigenvalue weighted by Crippen LogP contribution is 2.28. The molecule has 4 rings (SSSR count). The molecule has 34 heavy (non-hydrogen) atoms. The molecule has 0 aliphatic carbocycles. The van der Waals surface area contributed by atoms with Gasteiger partial charge in [-0.05, 0) is 47.5 Å². The number of carbonyl (C=O) groups is 2. The first kappa shape index (κ1) is 23.3. The molecule has 0 radical (unpaired) electrons. The number of anilines is 1. The van der Waals surface area contributed by atoms with Crippen molar-refractivity contribution in [3.8, 4) is 22.4 Å². The number of carbonyl (C=O) groups excluding carboxylic acids is 2. The Morgan fingerprint density at radius 1 is 0.941 bits per heavy atom. The molecule has 0 atom stereocenters. The van der Waals surface area contributed by atoms with Crippen molar-refractivity contribution in [3.63, 3.8) is 0 Å². The number of aromatic nitrogens is 2. The van der Waals surface area contributed by atoms with Crippen molar-refractivity contribution in [1.29, 1.82) is 0 Å². The molecule has 0 saturated carbocycles. The van der Waals surface area contributed by atoms with E-state index in [1.807, 2.05) is 41.8 Å². The van der Waals surface area contributed by atoms with E-state index in [2.05, 4.69) is 20.6 Å². The summed E-state index contributed by atoms with van der Waals surface area (Å²) in [5.74, 6) is -0.993. The van der Waals surface area contributed by atoms with Gasteiger partial charge in [0.25, 0.3) is 5.91 Å². The van der Waals surface area contributed by atoms with Crippen molar-refractivity contribution in [3.05, 3.63) is 84.0 Å². The van der Waals surface area contributed by atoms with Gasteiger partial charge >= 0.3 is 0 Å². The Labute approximate surface area is 200 Å². The minimum absolute atomic E-state index is 0.0351. The zero-order valence-electron chi connectivity index (χ0n) is 18.1. The largest absolute Gasteiger partial charge is 0.343 e. The Balaban J connectivity index is 1.37. The molecular weight excluding hydrogens is 472 g/mol. The van der Waals surface area contributed by atoms with E-state index in [1.54, 1.807) is 12.4 Å². The van der Waals surface area contributed by atoms with Gasteiger partial charge in [0.2, 0.25) is 5.91 Å². The third-order valence-corrected chi connectivity index (χ3v) is 6.72. The van der Waals surface area contributed by atoms with Crippen molar-refractivity contribution >= 4 is 38.1 Å². The Bertz CT molecular complexity index is 1450. The quantitative estimate of drug-likeness (QED) is 0.407. The molecule has 2 amide bonds. The first-order chi connectivity index (χ1) is 16.3. The zero-order valence-corrected chi connectivity index (χ0v) is 19.7. The predicted molar refractivity (Wildman–Crippen MR) is 131 cm³/mol. The summed E-state index contributed by atoms with van der Waals surface area (Å²) in [6, 6.07) is 17.4. The van der Waals surface area contributed by atoms with E-state index in [0.29, 0.717) is 5.13 Å². The van der Waals surface area contributed by atoms with E-state index in [9.17, 15) is 18.0 Å². The van der Waals surface area contributed by atoms with Crippen LogP contribution in [-0.2, 0) is 14.6 Å². The standard InChI is InChI=1S/C24H20N4O4S2/c1-34(31,32)20-7-3-6-19(13-20)23(30)26-14-22(29)28-24-27-21(15-33-24)18-5-2-4-17(12-18)16-8-10-25-11-9-16/h2-13,15H,14H2,1H3,(H,26,30)(H,27,28,29). The molecule has 0 aliphatic rings. The average molecular weight is 493 g/mol. The molecule has 0 spiro atoms. The number of hydrogen-bond acceptors (Lipinski definition) is 7. The van der Waals surface area contributed by atoms with Crippen molar-refractivity contribution in [1.82, 2.24) is 15.3 Å². The third kappa shape index (κ3) is 5.72. The molecule has 0 unspecified atom stereocenters. The van der Waals surface area contributed by atoms with E-state index < -0.39 is 21.7 Å². The lowest BCUT2D eigenvalue weighted by Crippen LogP contribution is -2.32. The topological polar surface area (TPSA) is 118 Å². The molecule has 0 aliphatic heterocycles. The molecular formula is C24H20N4O4S2. The van der Waals surface area contributed by atoms with Gasteiger partial charge in [-0.15, -0.1) is 11.3 Å². The van der Waals surface area contributed by atoms with Gasteiger partial charge in [0.1, 0.15) is 0 Å². The maximum atomic E-state index is 12.3. The minimum Gasteiger partial charge on any atom is -0.343 e. The maximum absolute atomic E-state index is 12.3. The fourth-order valence-corrected chi connectivity index (χ4v) is 4.56. The monoisotopic (exact) mass is 492 g/mol. The fourth-order valence-electron chi connectivity index (χ4n) is 3.16. The lowest BCUT2D eigenvalue weighted by molar-refractivity contribution is -0.115. The first-order valence-electron chi connectivity index (χ1n) is 10.1. The van der Waals surface area contributed by atoms with Crippen molar-refractivity contribution in [2.75, 3.05) is 18.1 Å². The molecule has 0 fully saturated rings. The maximum Gasteiger partial charge on any atom is 0.251 e. The second-order valence-electron chi connectivity index (χ2n) is 7.39. The van der Waals surface area contributed by atoms with Gasteiger partial charge in [-0.1, -0.05) is 24.3 Å². The average Bonchev–Trinajstić information content (AvgIpc) is 3.31. The zero-order chi connectivity index (χ0) is 24.1. The second kappa shape index (κ2) is 9.94. The van der Waals surface area contributed by atoms with Crippen LogP contribution in [0.25, 0.3) is 22.4 Å². The summed E-state index contributed by atoms with van der Waals surface area (Å²) in [5, 5.41) is 7.41. The number of nitrogens with zero attached hydrogens (tertiary/aromatic N) is 2. The van der Waals surface area contributed by atoms with E-state index >= 15 is 0 Å². The van der Waals surface area contributed by atoms with Crippen LogP contribution in [0.4, 0.5) is 5.13 Å². The number of hydrogen-bond donors (Lipinski definition) is 2. The van der Waals surface area contributed by atoms with Crippen LogP contribution >= 0.6 is 11.3 Å². The normalized spacial score (nSPS) is 11.1. The SMILES string of the molecule is CS(=O)(=O)c1cccc(C(=O)NCC(=O)Nc2nc(-c3cccc(-c4ccncc4)c3)cs2)c1. The fraction of sp³-hybridized carbons (Fsp3) is 0.0833. The van der Waals surface area contributed by atoms with Gasteiger partial charge in [0.05, 0.1) is 17.1 Å². The number of pyridine rings is 1. The number of amides is 2.